The van der Waals surface area contributed by atoms with Crippen LogP contribution in [0.2, 0.25) is 0 Å². The molecule has 19 heavy (non-hydrogen) atoms. The Kier molecular flexibility index (Phi) is 3.28. The van der Waals surface area contributed by atoms with Crippen molar-refractivity contribution in [2.75, 3.05) is 0 Å². The highest BCUT2D eigenvalue weighted by molar-refractivity contribution is 5.12. The molecular formula is C18H32O. The fraction of sp³-hybridized carbons (Fsp3) is 1.00. The zero-order chi connectivity index (χ0) is 13.8. The van der Waals surface area contributed by atoms with Crippen molar-refractivity contribution >= 4 is 0 Å². The maximum atomic E-state index is 10.4. The Bertz CT molecular complexity index is 348. The van der Waals surface area contributed by atoms with Crippen molar-refractivity contribution in [3.05, 3.63) is 0 Å². The van der Waals surface area contributed by atoms with Gasteiger partial charge in [0.25, 0.3) is 0 Å². The largest absolute Gasteiger partial charge is 0.393 e. The average molecular weight is 264 g/mol. The Morgan fingerprint density at radius 3 is 2.37 bits per heavy atom. The monoisotopic (exact) mass is 264 g/mol. The summed E-state index contributed by atoms with van der Waals surface area (Å²) in [6.07, 6.45) is 9.14. The van der Waals surface area contributed by atoms with E-state index < -0.39 is 0 Å². The van der Waals surface area contributed by atoms with Gasteiger partial charge in [0, 0.05) is 0 Å². The summed E-state index contributed by atoms with van der Waals surface area (Å²) in [7, 11) is 0. The number of rotatable bonds is 2. The lowest BCUT2D eigenvalue weighted by molar-refractivity contribution is -0.0329. The van der Waals surface area contributed by atoms with E-state index in [2.05, 4.69) is 27.7 Å². The molecule has 6 atom stereocenters. The molecule has 110 valence electrons. The third kappa shape index (κ3) is 1.76. The van der Waals surface area contributed by atoms with Crippen LogP contribution in [0.5, 0.6) is 0 Å². The molecule has 0 aliphatic heterocycles. The van der Waals surface area contributed by atoms with Crippen LogP contribution < -0.4 is 0 Å². The Balaban J connectivity index is 1.87. The normalized spacial score (nSPS) is 52.6. The second-order valence-corrected chi connectivity index (χ2v) is 8.45. The lowest BCUT2D eigenvalue weighted by Crippen LogP contribution is -2.43. The van der Waals surface area contributed by atoms with Crippen LogP contribution in [0.3, 0.4) is 0 Å². The predicted molar refractivity (Wildman–Crippen MR) is 79.8 cm³/mol. The SMILES string of the molecule is CCC1C(O)CCCC1[C@@H]1C[C@H]2CC[C@]1(C)C2(C)C. The predicted octanol–water partition coefficient (Wildman–Crippen LogP) is 4.64. The zero-order valence-electron chi connectivity index (χ0n) is 13.3. The molecule has 3 fully saturated rings. The molecule has 3 saturated carbocycles. The van der Waals surface area contributed by atoms with Gasteiger partial charge in [-0.25, -0.2) is 0 Å². The molecule has 1 heteroatoms. The van der Waals surface area contributed by atoms with Gasteiger partial charge in [-0.3, -0.25) is 0 Å². The first-order chi connectivity index (χ1) is 8.91. The van der Waals surface area contributed by atoms with Crippen LogP contribution in [0.4, 0.5) is 0 Å². The first kappa shape index (κ1) is 13.9. The molecule has 3 rings (SSSR count). The van der Waals surface area contributed by atoms with Gasteiger partial charge in [-0.1, -0.05) is 40.5 Å². The van der Waals surface area contributed by atoms with Crippen molar-refractivity contribution in [1.29, 1.82) is 0 Å². The lowest BCUT2D eigenvalue weighted by atomic mass is 9.58. The minimum Gasteiger partial charge on any atom is -0.393 e. The second kappa shape index (κ2) is 4.48. The number of aliphatic hydroxyl groups excluding tert-OH is 1. The maximum absolute atomic E-state index is 10.4. The molecule has 0 aromatic carbocycles. The first-order valence-electron chi connectivity index (χ1n) is 8.60. The molecule has 0 aromatic rings. The lowest BCUT2D eigenvalue weighted by Gasteiger charge is -2.47. The van der Waals surface area contributed by atoms with Gasteiger partial charge in [0.05, 0.1) is 6.10 Å². The molecule has 2 bridgehead atoms. The van der Waals surface area contributed by atoms with Gasteiger partial charge in [0.2, 0.25) is 0 Å². The van der Waals surface area contributed by atoms with E-state index in [9.17, 15) is 5.11 Å². The van der Waals surface area contributed by atoms with Gasteiger partial charge < -0.3 is 5.11 Å². The number of hydrogen-bond acceptors (Lipinski definition) is 1. The minimum absolute atomic E-state index is 0.0189. The van der Waals surface area contributed by atoms with Gasteiger partial charge in [0.15, 0.2) is 0 Å². The smallest absolute Gasteiger partial charge is 0.0571 e. The molecule has 0 radical (unpaired) electrons. The van der Waals surface area contributed by atoms with Crippen LogP contribution in [-0.2, 0) is 0 Å². The fourth-order valence-corrected chi connectivity index (χ4v) is 6.26. The van der Waals surface area contributed by atoms with Crippen LogP contribution in [-0.4, -0.2) is 11.2 Å². The molecule has 0 saturated heterocycles. The summed E-state index contributed by atoms with van der Waals surface area (Å²) in [4.78, 5) is 0. The van der Waals surface area contributed by atoms with Gasteiger partial charge in [-0.2, -0.15) is 0 Å². The summed E-state index contributed by atoms with van der Waals surface area (Å²) in [5.41, 5.74) is 1.06. The Hall–Kier alpha value is -0.0400. The summed E-state index contributed by atoms with van der Waals surface area (Å²) in [5.74, 6) is 3.19. The van der Waals surface area contributed by atoms with Crippen molar-refractivity contribution < 1.29 is 5.11 Å². The molecule has 0 heterocycles. The third-order valence-electron chi connectivity index (χ3n) is 7.93. The third-order valence-corrected chi connectivity index (χ3v) is 7.93. The standard InChI is InChI=1S/C18H32O/c1-5-13-14(7-6-8-16(13)19)15-11-12-9-10-18(15,4)17(12,2)3/h12-16,19H,5-11H2,1-4H3/t12-,13?,14?,15+,16?,18+/m1/s1. The summed E-state index contributed by atoms with van der Waals surface area (Å²) in [6.45, 7) is 9.89. The first-order valence-corrected chi connectivity index (χ1v) is 8.60. The van der Waals surface area contributed by atoms with Crippen molar-refractivity contribution in [2.24, 2.45) is 34.5 Å². The Labute approximate surface area is 119 Å². The molecule has 0 amide bonds. The van der Waals surface area contributed by atoms with Gasteiger partial charge in [-0.15, -0.1) is 0 Å². The van der Waals surface area contributed by atoms with Crippen LogP contribution in [0.15, 0.2) is 0 Å². The Morgan fingerprint density at radius 2 is 1.84 bits per heavy atom. The van der Waals surface area contributed by atoms with E-state index in [-0.39, 0.29) is 6.10 Å². The summed E-state index contributed by atoms with van der Waals surface area (Å²) in [6, 6.07) is 0. The highest BCUT2D eigenvalue weighted by Crippen LogP contribution is 2.70. The minimum atomic E-state index is -0.0189. The highest BCUT2D eigenvalue weighted by Gasteiger charge is 2.63. The molecule has 0 aromatic heterocycles. The van der Waals surface area contributed by atoms with Crippen molar-refractivity contribution in [1.82, 2.24) is 0 Å². The number of hydrogen-bond donors (Lipinski definition) is 1. The number of fused-ring (bicyclic) bond motifs is 2. The second-order valence-electron chi connectivity index (χ2n) is 8.45. The quantitative estimate of drug-likeness (QED) is 0.770. The van der Waals surface area contributed by atoms with Crippen molar-refractivity contribution in [3.63, 3.8) is 0 Å². The van der Waals surface area contributed by atoms with E-state index in [1.54, 1.807) is 0 Å². The molecule has 1 nitrogen and oxygen atoms in total. The van der Waals surface area contributed by atoms with Crippen LogP contribution in [0.25, 0.3) is 0 Å². The van der Waals surface area contributed by atoms with Crippen LogP contribution >= 0.6 is 0 Å². The average Bonchev–Trinajstić information content (AvgIpc) is 2.70. The van der Waals surface area contributed by atoms with Gasteiger partial charge in [-0.05, 0) is 66.6 Å². The fourth-order valence-electron chi connectivity index (χ4n) is 6.26. The van der Waals surface area contributed by atoms with E-state index in [1.807, 2.05) is 0 Å². The summed E-state index contributed by atoms with van der Waals surface area (Å²) >= 11 is 0. The van der Waals surface area contributed by atoms with Gasteiger partial charge >= 0.3 is 0 Å². The van der Waals surface area contributed by atoms with Crippen LogP contribution in [0.1, 0.15) is 72.6 Å². The zero-order valence-corrected chi connectivity index (χ0v) is 13.3. The van der Waals surface area contributed by atoms with E-state index in [1.165, 1.54) is 38.5 Å². The molecule has 0 spiro atoms. The highest BCUT2D eigenvalue weighted by atomic mass is 16.3. The molecule has 1 N–H and O–H groups in total. The number of aliphatic hydroxyl groups is 1. The van der Waals surface area contributed by atoms with E-state index in [4.69, 9.17) is 0 Å². The van der Waals surface area contributed by atoms with E-state index >= 15 is 0 Å². The van der Waals surface area contributed by atoms with Crippen LogP contribution in [0, 0.1) is 34.5 Å². The van der Waals surface area contributed by atoms with E-state index in [0.717, 1.165) is 24.2 Å². The summed E-state index contributed by atoms with van der Waals surface area (Å²) in [5, 5.41) is 10.4. The maximum Gasteiger partial charge on any atom is 0.0571 e. The molecule has 3 aliphatic carbocycles. The molecule has 3 unspecified atom stereocenters. The van der Waals surface area contributed by atoms with Crippen molar-refractivity contribution in [3.8, 4) is 0 Å². The summed E-state index contributed by atoms with van der Waals surface area (Å²) < 4.78 is 0. The van der Waals surface area contributed by atoms with Crippen molar-refractivity contribution in [2.45, 2.75) is 78.7 Å². The molecule has 3 aliphatic rings. The van der Waals surface area contributed by atoms with Gasteiger partial charge in [0.1, 0.15) is 0 Å². The van der Waals surface area contributed by atoms with E-state index in [0.29, 0.717) is 16.7 Å². The Morgan fingerprint density at radius 1 is 1.11 bits per heavy atom. The molecular weight excluding hydrogens is 232 g/mol. The topological polar surface area (TPSA) is 20.2 Å².